The topological polar surface area (TPSA) is 52.9 Å². The number of thiophene rings is 2. The van der Waals surface area contributed by atoms with E-state index in [-0.39, 0.29) is 5.91 Å². The van der Waals surface area contributed by atoms with Gasteiger partial charge in [-0.2, -0.15) is 5.26 Å². The number of fused-ring (bicyclic) bond motifs is 2. The van der Waals surface area contributed by atoms with Gasteiger partial charge in [0.05, 0.1) is 10.6 Å². The summed E-state index contributed by atoms with van der Waals surface area (Å²) in [5.41, 5.74) is 2.87. The van der Waals surface area contributed by atoms with E-state index in [0.29, 0.717) is 26.4 Å². The molecule has 6 heteroatoms. The van der Waals surface area contributed by atoms with E-state index in [0.717, 1.165) is 40.5 Å². The van der Waals surface area contributed by atoms with Crippen molar-refractivity contribution in [2.24, 2.45) is 5.92 Å². The zero-order chi connectivity index (χ0) is 18.4. The second kappa shape index (κ2) is 6.70. The van der Waals surface area contributed by atoms with Gasteiger partial charge in [-0.15, -0.1) is 22.7 Å². The zero-order valence-corrected chi connectivity index (χ0v) is 16.9. The van der Waals surface area contributed by atoms with Gasteiger partial charge in [-0.25, -0.2) is 0 Å². The van der Waals surface area contributed by atoms with Gasteiger partial charge in [0.1, 0.15) is 15.9 Å². The number of benzene rings is 1. The molecular weight excluding hydrogens is 384 g/mol. The van der Waals surface area contributed by atoms with Gasteiger partial charge in [0.25, 0.3) is 5.91 Å². The Morgan fingerprint density at radius 3 is 2.96 bits per heavy atom. The second-order valence-electron chi connectivity index (χ2n) is 6.87. The highest BCUT2D eigenvalue weighted by molar-refractivity contribution is 7.22. The van der Waals surface area contributed by atoms with Gasteiger partial charge in [-0.1, -0.05) is 30.7 Å². The summed E-state index contributed by atoms with van der Waals surface area (Å²) in [6, 6.07) is 8.27. The fourth-order valence-electron chi connectivity index (χ4n) is 3.44. The van der Waals surface area contributed by atoms with Crippen molar-refractivity contribution < 1.29 is 4.79 Å². The van der Waals surface area contributed by atoms with Crippen molar-refractivity contribution in [1.29, 1.82) is 5.26 Å². The number of anilines is 1. The van der Waals surface area contributed by atoms with Gasteiger partial charge >= 0.3 is 0 Å². The van der Waals surface area contributed by atoms with Crippen LogP contribution in [0.3, 0.4) is 0 Å². The Labute approximate surface area is 165 Å². The van der Waals surface area contributed by atoms with E-state index < -0.39 is 0 Å². The Morgan fingerprint density at radius 1 is 1.38 bits per heavy atom. The van der Waals surface area contributed by atoms with E-state index in [1.54, 1.807) is 0 Å². The van der Waals surface area contributed by atoms with Crippen LogP contribution in [0.1, 0.15) is 44.6 Å². The van der Waals surface area contributed by atoms with Crippen LogP contribution in [0.25, 0.3) is 10.1 Å². The number of nitrogens with one attached hydrogen (secondary N) is 1. The third-order valence-corrected chi connectivity index (χ3v) is 7.67. The smallest absolute Gasteiger partial charge is 0.267 e. The molecule has 4 rings (SSSR count). The predicted octanol–water partition coefficient (Wildman–Crippen LogP) is 6.17. The number of rotatable bonds is 2. The normalized spacial score (nSPS) is 16.3. The van der Waals surface area contributed by atoms with Gasteiger partial charge < -0.3 is 5.32 Å². The van der Waals surface area contributed by atoms with Crippen molar-refractivity contribution in [3.8, 4) is 6.07 Å². The molecule has 0 saturated carbocycles. The first kappa shape index (κ1) is 17.5. The zero-order valence-electron chi connectivity index (χ0n) is 14.5. The van der Waals surface area contributed by atoms with Gasteiger partial charge in [0.15, 0.2) is 0 Å². The SMILES string of the molecule is Cc1ccc2c(Cl)c(C(=O)Nc3sc4c(c3C#N)CC[C@@H](C)C4)sc2c1. The molecular formula is C20H17ClN2OS2. The number of carbonyl (C=O) groups excluding carboxylic acids is 1. The number of carbonyl (C=O) groups is 1. The van der Waals surface area contributed by atoms with Crippen molar-refractivity contribution >= 4 is 55.3 Å². The number of hydrogen-bond donors (Lipinski definition) is 1. The number of hydrogen-bond acceptors (Lipinski definition) is 4. The summed E-state index contributed by atoms with van der Waals surface area (Å²) in [4.78, 5) is 14.6. The summed E-state index contributed by atoms with van der Waals surface area (Å²) >= 11 is 9.38. The molecule has 1 amide bonds. The van der Waals surface area contributed by atoms with Gasteiger partial charge in [-0.05, 0) is 49.3 Å². The fraction of sp³-hybridized carbons (Fsp3) is 0.300. The summed E-state index contributed by atoms with van der Waals surface area (Å²) in [5.74, 6) is 0.383. The minimum Gasteiger partial charge on any atom is -0.312 e. The molecule has 3 aromatic rings. The Morgan fingerprint density at radius 2 is 2.19 bits per heavy atom. The van der Waals surface area contributed by atoms with Crippen LogP contribution in [0.5, 0.6) is 0 Å². The van der Waals surface area contributed by atoms with Gasteiger partial charge in [-0.3, -0.25) is 4.79 Å². The summed E-state index contributed by atoms with van der Waals surface area (Å²) < 4.78 is 1.000. The minimum absolute atomic E-state index is 0.239. The number of nitrogens with zero attached hydrogens (tertiary/aromatic N) is 1. The number of amides is 1. The van der Waals surface area contributed by atoms with E-state index in [1.807, 2.05) is 25.1 Å². The van der Waals surface area contributed by atoms with E-state index >= 15 is 0 Å². The molecule has 2 aromatic heterocycles. The molecule has 0 unspecified atom stereocenters. The molecule has 26 heavy (non-hydrogen) atoms. The number of aryl methyl sites for hydroxylation is 1. The molecule has 0 spiro atoms. The highest BCUT2D eigenvalue weighted by Crippen LogP contribution is 2.41. The van der Waals surface area contributed by atoms with Crippen LogP contribution in [-0.2, 0) is 12.8 Å². The van der Waals surface area contributed by atoms with E-state index in [2.05, 4.69) is 18.3 Å². The van der Waals surface area contributed by atoms with Crippen molar-refractivity contribution in [2.45, 2.75) is 33.1 Å². The first-order valence-corrected chi connectivity index (χ1v) is 10.5. The average Bonchev–Trinajstić information content (AvgIpc) is 3.11. The van der Waals surface area contributed by atoms with Gasteiger partial charge in [0, 0.05) is 15.0 Å². The van der Waals surface area contributed by atoms with Crippen LogP contribution in [0.15, 0.2) is 18.2 Å². The van der Waals surface area contributed by atoms with Crippen LogP contribution < -0.4 is 5.32 Å². The van der Waals surface area contributed by atoms with Crippen molar-refractivity contribution in [2.75, 3.05) is 5.32 Å². The molecule has 0 saturated heterocycles. The Kier molecular flexibility index (Phi) is 4.52. The third kappa shape index (κ3) is 2.92. The highest BCUT2D eigenvalue weighted by Gasteiger charge is 2.26. The minimum atomic E-state index is -0.239. The summed E-state index contributed by atoms with van der Waals surface area (Å²) in [6.45, 7) is 4.25. The molecule has 2 heterocycles. The maximum atomic E-state index is 12.8. The lowest BCUT2D eigenvalue weighted by Crippen LogP contribution is -2.11. The Balaban J connectivity index is 1.69. The van der Waals surface area contributed by atoms with Crippen molar-refractivity contribution in [3.05, 3.63) is 49.7 Å². The number of nitriles is 1. The quantitative estimate of drug-likeness (QED) is 0.558. The molecule has 0 bridgehead atoms. The molecule has 1 aliphatic rings. The van der Waals surface area contributed by atoms with Crippen LogP contribution in [0, 0.1) is 24.2 Å². The largest absolute Gasteiger partial charge is 0.312 e. The standard InChI is InChI=1S/C20H17ClN2OS2/c1-10-3-5-12-14(9-22)20(26-15(12)7-10)23-19(24)18-17(21)13-6-4-11(2)8-16(13)25-18/h4,6,8,10H,3,5,7H2,1-2H3,(H,23,24)/t10-/m1/s1. The summed E-state index contributed by atoms with van der Waals surface area (Å²) in [6.07, 6.45) is 2.98. The molecule has 0 radical (unpaired) electrons. The average molecular weight is 401 g/mol. The Hall–Kier alpha value is -1.87. The molecule has 0 aliphatic heterocycles. The molecule has 1 aliphatic carbocycles. The first-order chi connectivity index (χ1) is 12.5. The molecule has 1 N–H and O–H groups in total. The molecule has 0 fully saturated rings. The van der Waals surface area contributed by atoms with Crippen molar-refractivity contribution in [3.63, 3.8) is 0 Å². The molecule has 1 atom stereocenters. The lowest BCUT2D eigenvalue weighted by Gasteiger charge is -2.17. The number of halogens is 1. The summed E-state index contributed by atoms with van der Waals surface area (Å²) in [7, 11) is 0. The molecule has 1 aromatic carbocycles. The molecule has 3 nitrogen and oxygen atoms in total. The first-order valence-electron chi connectivity index (χ1n) is 8.52. The highest BCUT2D eigenvalue weighted by atomic mass is 35.5. The van der Waals surface area contributed by atoms with E-state index in [4.69, 9.17) is 11.6 Å². The van der Waals surface area contributed by atoms with E-state index in [9.17, 15) is 10.1 Å². The Bertz CT molecular complexity index is 1070. The maximum absolute atomic E-state index is 12.8. The van der Waals surface area contributed by atoms with E-state index in [1.165, 1.54) is 27.6 Å². The van der Waals surface area contributed by atoms with Crippen LogP contribution in [-0.4, -0.2) is 5.91 Å². The van der Waals surface area contributed by atoms with Crippen LogP contribution in [0.2, 0.25) is 5.02 Å². The summed E-state index contributed by atoms with van der Waals surface area (Å²) in [5, 5.41) is 14.6. The second-order valence-corrected chi connectivity index (χ2v) is 9.40. The third-order valence-electron chi connectivity index (χ3n) is 4.84. The lowest BCUT2D eigenvalue weighted by molar-refractivity contribution is 0.103. The maximum Gasteiger partial charge on any atom is 0.267 e. The van der Waals surface area contributed by atoms with Crippen LogP contribution in [0.4, 0.5) is 5.00 Å². The predicted molar refractivity (Wildman–Crippen MR) is 110 cm³/mol. The van der Waals surface area contributed by atoms with Crippen molar-refractivity contribution in [1.82, 2.24) is 0 Å². The molecule has 132 valence electrons. The fourth-order valence-corrected chi connectivity index (χ4v) is 6.30. The van der Waals surface area contributed by atoms with Gasteiger partial charge in [0.2, 0.25) is 0 Å². The van der Waals surface area contributed by atoms with Crippen LogP contribution >= 0.6 is 34.3 Å². The monoisotopic (exact) mass is 400 g/mol. The lowest BCUT2D eigenvalue weighted by atomic mass is 9.89.